The number of nitrogens with zero attached hydrogens (tertiary/aromatic N) is 3. The Kier molecular flexibility index (Phi) is 5.12. The summed E-state index contributed by atoms with van der Waals surface area (Å²) in [5.74, 6) is -0.441. The highest BCUT2D eigenvalue weighted by Crippen LogP contribution is 2.25. The summed E-state index contributed by atoms with van der Waals surface area (Å²) in [5.41, 5.74) is 0.131. The van der Waals surface area contributed by atoms with Crippen molar-refractivity contribution < 1.29 is 18.8 Å². The molecule has 0 spiro atoms. The Hall–Kier alpha value is -3.10. The molecule has 4 amide bonds. The van der Waals surface area contributed by atoms with Gasteiger partial charge in [-0.1, -0.05) is 11.6 Å². The van der Waals surface area contributed by atoms with Crippen molar-refractivity contribution in [3.63, 3.8) is 0 Å². The fourth-order valence-corrected chi connectivity index (χ4v) is 3.37. The number of likely N-dealkylation sites (N-methyl/N-ethyl adjacent to an activating group) is 1. The lowest BCUT2D eigenvalue weighted by Crippen LogP contribution is -2.54. The van der Waals surface area contributed by atoms with Crippen LogP contribution in [0.1, 0.15) is 5.76 Å². The van der Waals surface area contributed by atoms with Gasteiger partial charge in [-0.25, -0.2) is 9.69 Å². The van der Waals surface area contributed by atoms with Crippen molar-refractivity contribution in [2.75, 3.05) is 43.0 Å². The number of anilines is 2. The number of nitrogens with one attached hydrogen (secondary N) is 1. The second-order valence-electron chi connectivity index (χ2n) is 6.90. The highest BCUT2D eigenvalue weighted by atomic mass is 35.5. The quantitative estimate of drug-likeness (QED) is 0.613. The van der Waals surface area contributed by atoms with Gasteiger partial charge in [-0.3, -0.25) is 14.9 Å². The smallest absolute Gasteiger partial charge is 0.335 e. The number of piperazine rings is 1. The summed E-state index contributed by atoms with van der Waals surface area (Å²) >= 11 is 5.87. The van der Waals surface area contributed by atoms with E-state index in [1.165, 1.54) is 18.2 Å². The average molecular weight is 415 g/mol. The number of amides is 4. The van der Waals surface area contributed by atoms with Gasteiger partial charge in [0.15, 0.2) is 5.88 Å². The highest BCUT2D eigenvalue weighted by Gasteiger charge is 2.37. The predicted molar refractivity (Wildman–Crippen MR) is 109 cm³/mol. The van der Waals surface area contributed by atoms with Crippen LogP contribution >= 0.6 is 11.6 Å². The molecule has 0 radical (unpaired) electrons. The van der Waals surface area contributed by atoms with Crippen LogP contribution in [0.3, 0.4) is 0 Å². The Morgan fingerprint density at radius 3 is 2.38 bits per heavy atom. The molecule has 8 nitrogen and oxygen atoms in total. The van der Waals surface area contributed by atoms with Gasteiger partial charge in [0.2, 0.25) is 0 Å². The van der Waals surface area contributed by atoms with Gasteiger partial charge >= 0.3 is 6.03 Å². The van der Waals surface area contributed by atoms with Crippen molar-refractivity contribution in [2.45, 2.75) is 0 Å². The van der Waals surface area contributed by atoms with Gasteiger partial charge < -0.3 is 14.2 Å². The van der Waals surface area contributed by atoms with E-state index in [0.717, 1.165) is 31.1 Å². The minimum absolute atomic E-state index is 0.182. The number of benzene rings is 1. The Bertz CT molecular complexity index is 990. The zero-order valence-corrected chi connectivity index (χ0v) is 16.5. The van der Waals surface area contributed by atoms with E-state index in [0.29, 0.717) is 22.4 Å². The topological polar surface area (TPSA) is 86.1 Å². The molecule has 1 aromatic heterocycles. The zero-order chi connectivity index (χ0) is 20.5. The SMILES string of the molecule is CN1CCN(c2ccc(C=C3C(=O)NC(=O)N(c4ccc(Cl)cc4)C3=O)o2)CC1. The summed E-state index contributed by atoms with van der Waals surface area (Å²) in [6, 6.07) is 8.89. The fourth-order valence-electron chi connectivity index (χ4n) is 3.24. The van der Waals surface area contributed by atoms with Gasteiger partial charge in [0.25, 0.3) is 11.8 Å². The van der Waals surface area contributed by atoms with E-state index in [9.17, 15) is 14.4 Å². The molecule has 2 aromatic rings. The van der Waals surface area contributed by atoms with Crippen molar-refractivity contribution in [1.29, 1.82) is 0 Å². The number of carbonyl (C=O) groups excluding carboxylic acids is 3. The molecular formula is C20H19ClN4O4. The molecule has 0 saturated carbocycles. The average Bonchev–Trinajstić information content (AvgIpc) is 3.16. The van der Waals surface area contributed by atoms with Crippen molar-refractivity contribution in [3.05, 3.63) is 52.8 Å². The van der Waals surface area contributed by atoms with Crippen LogP contribution in [-0.2, 0) is 9.59 Å². The lowest BCUT2D eigenvalue weighted by molar-refractivity contribution is -0.122. The maximum Gasteiger partial charge on any atom is 0.335 e. The number of furan rings is 1. The van der Waals surface area contributed by atoms with Crippen LogP contribution in [0.2, 0.25) is 5.02 Å². The van der Waals surface area contributed by atoms with E-state index in [1.54, 1.807) is 18.2 Å². The molecule has 0 atom stereocenters. The van der Waals surface area contributed by atoms with Crippen LogP contribution < -0.4 is 15.1 Å². The van der Waals surface area contributed by atoms with Gasteiger partial charge in [-0.15, -0.1) is 0 Å². The molecule has 29 heavy (non-hydrogen) atoms. The molecule has 3 heterocycles. The third-order valence-corrected chi connectivity index (χ3v) is 5.15. The van der Waals surface area contributed by atoms with Crippen LogP contribution in [0.5, 0.6) is 0 Å². The molecule has 2 saturated heterocycles. The van der Waals surface area contributed by atoms with Crippen molar-refractivity contribution in [2.24, 2.45) is 0 Å². The van der Waals surface area contributed by atoms with Crippen molar-refractivity contribution >= 4 is 47.1 Å². The van der Waals surface area contributed by atoms with Gasteiger partial charge in [-0.2, -0.15) is 0 Å². The minimum atomic E-state index is -0.808. The van der Waals surface area contributed by atoms with Gasteiger partial charge in [0.05, 0.1) is 5.69 Å². The predicted octanol–water partition coefficient (Wildman–Crippen LogP) is 2.35. The van der Waals surface area contributed by atoms with Gasteiger partial charge in [0, 0.05) is 37.3 Å². The van der Waals surface area contributed by atoms with E-state index in [2.05, 4.69) is 22.2 Å². The lowest BCUT2D eigenvalue weighted by atomic mass is 10.1. The van der Waals surface area contributed by atoms with Crippen LogP contribution in [0.4, 0.5) is 16.4 Å². The summed E-state index contributed by atoms with van der Waals surface area (Å²) in [6.45, 7) is 3.52. The third kappa shape index (κ3) is 3.90. The monoisotopic (exact) mass is 414 g/mol. The molecule has 1 N–H and O–H groups in total. The van der Waals surface area contributed by atoms with E-state index >= 15 is 0 Å². The van der Waals surface area contributed by atoms with E-state index in [4.69, 9.17) is 16.0 Å². The van der Waals surface area contributed by atoms with Crippen LogP contribution in [0.15, 0.2) is 46.4 Å². The number of hydrogen-bond donors (Lipinski definition) is 1. The van der Waals surface area contributed by atoms with E-state index in [1.807, 2.05) is 6.07 Å². The van der Waals surface area contributed by atoms with Crippen molar-refractivity contribution in [3.8, 4) is 0 Å². The van der Waals surface area contributed by atoms with Crippen LogP contribution in [-0.4, -0.2) is 56.0 Å². The van der Waals surface area contributed by atoms with Gasteiger partial charge in [0.1, 0.15) is 11.3 Å². The first-order valence-electron chi connectivity index (χ1n) is 9.13. The minimum Gasteiger partial charge on any atom is -0.441 e. The number of carbonyl (C=O) groups is 3. The Morgan fingerprint density at radius 1 is 1.00 bits per heavy atom. The molecule has 2 aliphatic heterocycles. The van der Waals surface area contributed by atoms with Crippen LogP contribution in [0.25, 0.3) is 6.08 Å². The molecule has 4 rings (SSSR count). The number of urea groups is 1. The lowest BCUT2D eigenvalue weighted by Gasteiger charge is -2.32. The molecule has 150 valence electrons. The third-order valence-electron chi connectivity index (χ3n) is 4.90. The number of hydrogen-bond acceptors (Lipinski definition) is 6. The zero-order valence-electron chi connectivity index (χ0n) is 15.7. The second kappa shape index (κ2) is 7.73. The molecule has 2 fully saturated rings. The standard InChI is InChI=1S/C20H19ClN4O4/c1-23-8-10-24(11-9-23)17-7-6-15(29-17)12-16-18(26)22-20(28)25(19(16)27)14-4-2-13(21)3-5-14/h2-7,12H,8-11H2,1H3,(H,22,26,28). The Balaban J connectivity index is 1.59. The summed E-state index contributed by atoms with van der Waals surface area (Å²) in [4.78, 5) is 42.6. The highest BCUT2D eigenvalue weighted by molar-refractivity contribution is 6.39. The number of halogens is 1. The number of rotatable bonds is 3. The largest absolute Gasteiger partial charge is 0.441 e. The number of barbiturate groups is 1. The van der Waals surface area contributed by atoms with Crippen molar-refractivity contribution in [1.82, 2.24) is 10.2 Å². The van der Waals surface area contributed by atoms with E-state index in [-0.39, 0.29) is 5.57 Å². The maximum atomic E-state index is 12.9. The molecular weight excluding hydrogens is 396 g/mol. The first-order valence-corrected chi connectivity index (χ1v) is 9.50. The maximum absolute atomic E-state index is 12.9. The fraction of sp³-hybridized carbons (Fsp3) is 0.250. The van der Waals surface area contributed by atoms with E-state index < -0.39 is 17.8 Å². The second-order valence-corrected chi connectivity index (χ2v) is 7.34. The number of imide groups is 2. The summed E-state index contributed by atoms with van der Waals surface area (Å²) in [7, 11) is 2.07. The first kappa shape index (κ1) is 19.2. The molecule has 2 aliphatic rings. The Morgan fingerprint density at radius 2 is 1.69 bits per heavy atom. The molecule has 0 aliphatic carbocycles. The first-order chi connectivity index (χ1) is 13.9. The summed E-state index contributed by atoms with van der Waals surface area (Å²) < 4.78 is 5.82. The molecule has 1 aromatic carbocycles. The normalized spacial score (nSPS) is 19.8. The van der Waals surface area contributed by atoms with Crippen LogP contribution in [0, 0.1) is 0 Å². The molecule has 0 bridgehead atoms. The molecule has 0 unspecified atom stereocenters. The summed E-state index contributed by atoms with van der Waals surface area (Å²) in [5, 5.41) is 2.66. The van der Waals surface area contributed by atoms with Gasteiger partial charge in [-0.05, 0) is 43.5 Å². The molecule has 9 heteroatoms. The summed E-state index contributed by atoms with van der Waals surface area (Å²) in [6.07, 6.45) is 1.35. The Labute approximate surface area is 172 Å².